The Morgan fingerprint density at radius 2 is 2.18 bits per heavy atom. The van der Waals surface area contributed by atoms with Gasteiger partial charge in [-0.15, -0.1) is 0 Å². The lowest BCUT2D eigenvalue weighted by Gasteiger charge is -2.31. The molecular weight excluding hydrogens is 280 g/mol. The third kappa shape index (κ3) is 3.61. The normalized spacial score (nSPS) is 18.5. The zero-order valence-electron chi connectivity index (χ0n) is 13.9. The molecule has 2 rings (SSSR count). The third-order valence-corrected chi connectivity index (χ3v) is 4.51. The lowest BCUT2D eigenvalue weighted by atomic mass is 9.99. The molecule has 0 aliphatic carbocycles. The van der Waals surface area contributed by atoms with Crippen LogP contribution in [-0.4, -0.2) is 45.5 Å². The van der Waals surface area contributed by atoms with Crippen LogP contribution in [0.5, 0.6) is 0 Å². The van der Waals surface area contributed by atoms with Gasteiger partial charge in [0.1, 0.15) is 0 Å². The highest BCUT2D eigenvalue weighted by Gasteiger charge is 2.23. The first-order chi connectivity index (χ1) is 10.6. The quantitative estimate of drug-likeness (QED) is 0.865. The summed E-state index contributed by atoms with van der Waals surface area (Å²) in [5.74, 6) is 0.218. The number of hydrogen-bond donors (Lipinski definition) is 2. The maximum Gasteiger partial charge on any atom is 0.317 e. The Balaban J connectivity index is 1.99. The number of aromatic nitrogens is 2. The number of nitrogens with zero attached hydrogens (tertiary/aromatic N) is 3. The molecule has 1 aromatic rings. The minimum absolute atomic E-state index is 0.0360. The number of amides is 2. The summed E-state index contributed by atoms with van der Waals surface area (Å²) < 4.78 is 1.92. The molecular formula is C16H28N4O2. The molecule has 0 spiro atoms. The number of rotatable bonds is 5. The number of piperidine rings is 1. The summed E-state index contributed by atoms with van der Waals surface area (Å²) >= 11 is 0. The maximum atomic E-state index is 12.3. The van der Waals surface area contributed by atoms with Gasteiger partial charge in [-0.2, -0.15) is 5.10 Å². The molecule has 2 N–H and O–H groups in total. The molecule has 2 heterocycles. The van der Waals surface area contributed by atoms with Crippen LogP contribution in [-0.2, 0) is 26.4 Å². The number of aryl methyl sites for hydroxylation is 2. The average molecular weight is 308 g/mol. The van der Waals surface area contributed by atoms with Crippen molar-refractivity contribution in [3.05, 3.63) is 17.0 Å². The topological polar surface area (TPSA) is 70.4 Å². The van der Waals surface area contributed by atoms with Crippen molar-refractivity contribution in [1.29, 1.82) is 0 Å². The van der Waals surface area contributed by atoms with Crippen LogP contribution in [0.1, 0.15) is 43.6 Å². The van der Waals surface area contributed by atoms with E-state index in [0.717, 1.165) is 43.5 Å². The zero-order valence-corrected chi connectivity index (χ0v) is 13.9. The number of carbonyl (C=O) groups excluding carboxylic acids is 1. The van der Waals surface area contributed by atoms with Gasteiger partial charge in [0.25, 0.3) is 0 Å². The van der Waals surface area contributed by atoms with Gasteiger partial charge in [-0.05, 0) is 31.6 Å². The van der Waals surface area contributed by atoms with Crippen molar-refractivity contribution in [1.82, 2.24) is 20.0 Å². The van der Waals surface area contributed by atoms with Crippen molar-refractivity contribution in [3.8, 4) is 0 Å². The molecule has 1 saturated heterocycles. The number of nitrogens with one attached hydrogen (secondary N) is 1. The van der Waals surface area contributed by atoms with Crippen LogP contribution in [0.3, 0.4) is 0 Å². The monoisotopic (exact) mass is 308 g/mol. The fourth-order valence-corrected chi connectivity index (χ4v) is 3.27. The van der Waals surface area contributed by atoms with Crippen molar-refractivity contribution in [3.63, 3.8) is 0 Å². The molecule has 1 unspecified atom stereocenters. The Labute approximate surface area is 132 Å². The number of urea groups is 1. The summed E-state index contributed by atoms with van der Waals surface area (Å²) in [4.78, 5) is 14.2. The van der Waals surface area contributed by atoms with Gasteiger partial charge in [0, 0.05) is 44.5 Å². The van der Waals surface area contributed by atoms with E-state index in [9.17, 15) is 9.90 Å². The molecule has 6 nitrogen and oxygen atoms in total. The molecule has 0 aromatic carbocycles. The zero-order chi connectivity index (χ0) is 16.1. The van der Waals surface area contributed by atoms with Crippen molar-refractivity contribution < 1.29 is 9.90 Å². The Kier molecular flexibility index (Phi) is 5.83. The van der Waals surface area contributed by atoms with Crippen LogP contribution in [0.4, 0.5) is 4.79 Å². The predicted molar refractivity (Wildman–Crippen MR) is 85.6 cm³/mol. The molecule has 1 atom stereocenters. The van der Waals surface area contributed by atoms with Crippen molar-refractivity contribution in [2.45, 2.75) is 46.1 Å². The third-order valence-electron chi connectivity index (χ3n) is 4.51. The van der Waals surface area contributed by atoms with Gasteiger partial charge in [-0.3, -0.25) is 4.68 Å². The second-order valence-electron chi connectivity index (χ2n) is 6.00. The molecule has 0 saturated carbocycles. The fraction of sp³-hybridized carbons (Fsp3) is 0.750. The summed E-state index contributed by atoms with van der Waals surface area (Å²) in [5.41, 5.74) is 3.40. The minimum atomic E-state index is -0.0360. The first-order valence-electron chi connectivity index (χ1n) is 8.27. The van der Waals surface area contributed by atoms with Crippen LogP contribution in [0.15, 0.2) is 0 Å². The average Bonchev–Trinajstić information content (AvgIpc) is 2.87. The molecule has 124 valence electrons. The van der Waals surface area contributed by atoms with Gasteiger partial charge in [0.05, 0.1) is 5.69 Å². The first kappa shape index (κ1) is 16.8. The van der Waals surface area contributed by atoms with E-state index in [1.807, 2.05) is 16.6 Å². The van der Waals surface area contributed by atoms with E-state index in [0.29, 0.717) is 13.1 Å². The Hall–Kier alpha value is -1.56. The van der Waals surface area contributed by atoms with E-state index in [1.54, 1.807) is 0 Å². The predicted octanol–water partition coefficient (Wildman–Crippen LogP) is 1.46. The van der Waals surface area contributed by atoms with Crippen LogP contribution in [0.25, 0.3) is 0 Å². The Morgan fingerprint density at radius 1 is 1.41 bits per heavy atom. The molecule has 0 bridgehead atoms. The van der Waals surface area contributed by atoms with Gasteiger partial charge in [-0.1, -0.05) is 13.8 Å². The van der Waals surface area contributed by atoms with Gasteiger partial charge in [0.2, 0.25) is 0 Å². The fourth-order valence-electron chi connectivity index (χ4n) is 3.27. The number of hydrogen-bond acceptors (Lipinski definition) is 3. The second kappa shape index (κ2) is 7.63. The van der Waals surface area contributed by atoms with Crippen molar-refractivity contribution >= 4 is 6.03 Å². The van der Waals surface area contributed by atoms with Crippen LogP contribution in [0.2, 0.25) is 0 Å². The molecule has 1 fully saturated rings. The largest absolute Gasteiger partial charge is 0.396 e. The number of aliphatic hydroxyl groups is 1. The molecule has 2 amide bonds. The number of aliphatic hydroxyl groups excluding tert-OH is 1. The van der Waals surface area contributed by atoms with Crippen molar-refractivity contribution in [2.75, 3.05) is 19.7 Å². The lowest BCUT2D eigenvalue weighted by molar-refractivity contribution is 0.129. The standard InChI is InChI=1S/C16H28N4O2/c1-4-14-13(15(5-2)19(3)18-14)9-17-16(22)20-8-6-7-12(10-20)11-21/h12,21H,4-11H2,1-3H3,(H,17,22). The second-order valence-corrected chi connectivity index (χ2v) is 6.00. The maximum absolute atomic E-state index is 12.3. The summed E-state index contributed by atoms with van der Waals surface area (Å²) in [5, 5.41) is 16.8. The summed E-state index contributed by atoms with van der Waals surface area (Å²) in [6.45, 7) is 6.31. The van der Waals surface area contributed by atoms with E-state index in [2.05, 4.69) is 24.3 Å². The SMILES string of the molecule is CCc1nn(C)c(CC)c1CNC(=O)N1CCCC(CO)C1. The smallest absolute Gasteiger partial charge is 0.317 e. The summed E-state index contributed by atoms with van der Waals surface area (Å²) in [6.07, 6.45) is 3.75. The number of carbonyl (C=O) groups is 1. The van der Waals surface area contributed by atoms with Crippen LogP contribution in [0, 0.1) is 5.92 Å². The highest BCUT2D eigenvalue weighted by molar-refractivity contribution is 5.74. The van der Waals surface area contributed by atoms with Gasteiger partial charge < -0.3 is 15.3 Å². The van der Waals surface area contributed by atoms with E-state index >= 15 is 0 Å². The molecule has 0 radical (unpaired) electrons. The summed E-state index contributed by atoms with van der Waals surface area (Å²) in [6, 6.07) is -0.0360. The van der Waals surface area contributed by atoms with Crippen molar-refractivity contribution in [2.24, 2.45) is 13.0 Å². The Morgan fingerprint density at radius 3 is 2.82 bits per heavy atom. The van der Waals surface area contributed by atoms with Crippen LogP contribution < -0.4 is 5.32 Å². The highest BCUT2D eigenvalue weighted by Crippen LogP contribution is 2.17. The first-order valence-corrected chi connectivity index (χ1v) is 8.27. The van der Waals surface area contributed by atoms with Crippen LogP contribution >= 0.6 is 0 Å². The molecule has 6 heteroatoms. The molecule has 1 aromatic heterocycles. The Bertz CT molecular complexity index is 512. The molecule has 22 heavy (non-hydrogen) atoms. The van der Waals surface area contributed by atoms with E-state index in [1.165, 1.54) is 5.69 Å². The molecule has 1 aliphatic rings. The van der Waals surface area contributed by atoms with Gasteiger partial charge >= 0.3 is 6.03 Å². The van der Waals surface area contributed by atoms with Gasteiger partial charge in [0.15, 0.2) is 0 Å². The van der Waals surface area contributed by atoms with E-state index in [4.69, 9.17) is 0 Å². The summed E-state index contributed by atoms with van der Waals surface area (Å²) in [7, 11) is 1.96. The lowest BCUT2D eigenvalue weighted by Crippen LogP contribution is -2.46. The highest BCUT2D eigenvalue weighted by atomic mass is 16.3. The van der Waals surface area contributed by atoms with E-state index < -0.39 is 0 Å². The minimum Gasteiger partial charge on any atom is -0.396 e. The van der Waals surface area contributed by atoms with E-state index in [-0.39, 0.29) is 18.6 Å². The number of likely N-dealkylation sites (tertiary alicyclic amines) is 1. The van der Waals surface area contributed by atoms with Gasteiger partial charge in [-0.25, -0.2) is 4.79 Å². The molecule has 1 aliphatic heterocycles.